The maximum atomic E-state index is 10.8. The van der Waals surface area contributed by atoms with E-state index < -0.39 is 10.2 Å². The van der Waals surface area contributed by atoms with Crippen LogP contribution in [0, 0.1) is 0 Å². The van der Waals surface area contributed by atoms with Gasteiger partial charge in [0, 0.05) is 7.05 Å². The first-order valence-corrected chi connectivity index (χ1v) is 4.44. The van der Waals surface area contributed by atoms with Gasteiger partial charge in [0.25, 0.3) is 0 Å². The van der Waals surface area contributed by atoms with Gasteiger partial charge >= 0.3 is 10.2 Å². The summed E-state index contributed by atoms with van der Waals surface area (Å²) in [6.07, 6.45) is 0. The van der Waals surface area contributed by atoms with Crippen molar-refractivity contribution in [3.63, 3.8) is 0 Å². The van der Waals surface area contributed by atoms with Crippen molar-refractivity contribution in [1.82, 2.24) is 4.90 Å². The highest BCUT2D eigenvalue weighted by Crippen LogP contribution is 2.06. The Balaban J connectivity index is 3.19. The zero-order valence-corrected chi connectivity index (χ0v) is 7.38. The summed E-state index contributed by atoms with van der Waals surface area (Å²) in [6, 6.07) is 0. The van der Waals surface area contributed by atoms with Crippen molar-refractivity contribution in [2.24, 2.45) is 8.80 Å². The molecule has 0 saturated carbocycles. The smallest absolute Gasteiger partial charge is 0.320 e. The Labute approximate surface area is 65.6 Å². The Morgan fingerprint density at radius 2 is 1.55 bits per heavy atom. The van der Waals surface area contributed by atoms with Gasteiger partial charge in [-0.05, 0) is 13.8 Å². The number of nitrogens with zero attached hydrogens (tertiary/aromatic N) is 3. The average molecular weight is 175 g/mol. The largest absolute Gasteiger partial charge is 0.366 e. The van der Waals surface area contributed by atoms with Gasteiger partial charge in [-0.25, -0.2) is 0 Å². The molecule has 6 heteroatoms. The summed E-state index contributed by atoms with van der Waals surface area (Å²) in [5.41, 5.74) is 0. The highest BCUT2D eigenvalue weighted by Gasteiger charge is 2.17. The van der Waals surface area contributed by atoms with Crippen LogP contribution in [0.4, 0.5) is 0 Å². The molecule has 0 aromatic heterocycles. The summed E-state index contributed by atoms with van der Waals surface area (Å²) in [7, 11) is -1.87. The highest BCUT2D eigenvalue weighted by molar-refractivity contribution is 7.89. The van der Waals surface area contributed by atoms with E-state index in [4.69, 9.17) is 0 Å². The van der Waals surface area contributed by atoms with Crippen molar-refractivity contribution in [2.45, 2.75) is 13.8 Å². The van der Waals surface area contributed by atoms with Gasteiger partial charge in [0.15, 0.2) is 0 Å². The van der Waals surface area contributed by atoms with Crippen molar-refractivity contribution in [2.75, 3.05) is 7.05 Å². The van der Waals surface area contributed by atoms with Gasteiger partial charge in [-0.1, -0.05) is 0 Å². The van der Waals surface area contributed by atoms with Gasteiger partial charge in [0.05, 0.1) is 0 Å². The van der Waals surface area contributed by atoms with Gasteiger partial charge < -0.3 is 4.90 Å². The maximum Gasteiger partial charge on any atom is 0.366 e. The van der Waals surface area contributed by atoms with Crippen LogP contribution in [0.5, 0.6) is 0 Å². The van der Waals surface area contributed by atoms with Crippen molar-refractivity contribution >= 4 is 21.9 Å². The third-order valence-electron chi connectivity index (χ3n) is 1.47. The molecule has 0 aromatic carbocycles. The van der Waals surface area contributed by atoms with E-state index in [1.54, 1.807) is 25.8 Å². The molecule has 0 aromatic rings. The fourth-order valence-corrected chi connectivity index (χ4v) is 1.66. The SMILES string of the molecule is CC1=NS(=O)(=O)N=C(C)N1C. The number of hydrogen-bond acceptors (Lipinski definition) is 3. The van der Waals surface area contributed by atoms with Gasteiger partial charge in [0.1, 0.15) is 11.7 Å². The van der Waals surface area contributed by atoms with Gasteiger partial charge in [0.2, 0.25) is 0 Å². The van der Waals surface area contributed by atoms with Gasteiger partial charge in [-0.2, -0.15) is 8.42 Å². The third kappa shape index (κ3) is 1.56. The van der Waals surface area contributed by atoms with E-state index in [2.05, 4.69) is 8.80 Å². The molecule has 0 aliphatic carbocycles. The number of rotatable bonds is 0. The van der Waals surface area contributed by atoms with E-state index in [9.17, 15) is 8.42 Å². The third-order valence-corrected chi connectivity index (χ3v) is 2.46. The molecule has 0 radical (unpaired) electrons. The monoisotopic (exact) mass is 175 g/mol. The molecule has 0 fully saturated rings. The first kappa shape index (κ1) is 8.19. The molecule has 0 atom stereocenters. The summed E-state index contributed by atoms with van der Waals surface area (Å²) >= 11 is 0. The second-order valence-electron chi connectivity index (χ2n) is 2.28. The molecule has 5 nitrogen and oxygen atoms in total. The molecule has 0 spiro atoms. The van der Waals surface area contributed by atoms with E-state index in [1.165, 1.54) is 0 Å². The first-order valence-electron chi connectivity index (χ1n) is 3.04. The highest BCUT2D eigenvalue weighted by atomic mass is 32.2. The zero-order chi connectivity index (χ0) is 8.65. The lowest BCUT2D eigenvalue weighted by Gasteiger charge is -2.19. The molecule has 62 valence electrons. The summed E-state index contributed by atoms with van der Waals surface area (Å²) in [5.74, 6) is 0.884. The maximum absolute atomic E-state index is 10.8. The minimum atomic E-state index is -3.58. The molecule has 0 saturated heterocycles. The van der Waals surface area contributed by atoms with Crippen LogP contribution >= 0.6 is 0 Å². The van der Waals surface area contributed by atoms with Crippen LogP contribution in [0.2, 0.25) is 0 Å². The Morgan fingerprint density at radius 3 is 1.91 bits per heavy atom. The van der Waals surface area contributed by atoms with E-state index in [-0.39, 0.29) is 0 Å². The lowest BCUT2D eigenvalue weighted by Crippen LogP contribution is -2.33. The Bertz CT molecular complexity index is 302. The molecule has 1 heterocycles. The average Bonchev–Trinajstić information content (AvgIpc) is 1.81. The van der Waals surface area contributed by atoms with Gasteiger partial charge in [-0.3, -0.25) is 0 Å². The molecule has 0 amide bonds. The lowest BCUT2D eigenvalue weighted by molar-refractivity contribution is 0.594. The fourth-order valence-electron chi connectivity index (χ4n) is 0.711. The number of hydrogen-bond donors (Lipinski definition) is 0. The van der Waals surface area contributed by atoms with E-state index in [1.807, 2.05) is 0 Å². The Hall–Kier alpha value is -0.910. The molecule has 1 rings (SSSR count). The van der Waals surface area contributed by atoms with Crippen molar-refractivity contribution in [3.05, 3.63) is 0 Å². The van der Waals surface area contributed by atoms with Crippen molar-refractivity contribution in [1.29, 1.82) is 0 Å². The summed E-state index contributed by atoms with van der Waals surface area (Å²) in [6.45, 7) is 3.24. The summed E-state index contributed by atoms with van der Waals surface area (Å²) < 4.78 is 28.4. The molecular formula is C5H9N3O2S. The van der Waals surface area contributed by atoms with Crippen LogP contribution in [0.15, 0.2) is 8.80 Å². The number of amidine groups is 2. The molecule has 11 heavy (non-hydrogen) atoms. The molecule has 0 bridgehead atoms. The fraction of sp³-hybridized carbons (Fsp3) is 0.600. The topological polar surface area (TPSA) is 62.1 Å². The van der Waals surface area contributed by atoms with Gasteiger partial charge in [-0.15, -0.1) is 8.80 Å². The summed E-state index contributed by atoms with van der Waals surface area (Å²) in [4.78, 5) is 1.61. The quantitative estimate of drug-likeness (QED) is 0.521. The predicted molar refractivity (Wildman–Crippen MR) is 42.9 cm³/mol. The van der Waals surface area contributed by atoms with Crippen LogP contribution in [0.25, 0.3) is 0 Å². The summed E-state index contributed by atoms with van der Waals surface area (Å²) in [5, 5.41) is 0. The first-order chi connectivity index (χ1) is 4.92. The van der Waals surface area contributed by atoms with E-state index in [0.717, 1.165) is 0 Å². The molecule has 0 N–H and O–H groups in total. The zero-order valence-electron chi connectivity index (χ0n) is 6.57. The van der Waals surface area contributed by atoms with E-state index >= 15 is 0 Å². The van der Waals surface area contributed by atoms with Crippen molar-refractivity contribution < 1.29 is 8.42 Å². The van der Waals surface area contributed by atoms with E-state index in [0.29, 0.717) is 11.7 Å². The second-order valence-corrected chi connectivity index (χ2v) is 3.54. The lowest BCUT2D eigenvalue weighted by atomic mass is 10.5. The minimum absolute atomic E-state index is 0.442. The minimum Gasteiger partial charge on any atom is -0.320 e. The van der Waals surface area contributed by atoms with Crippen LogP contribution in [-0.4, -0.2) is 32.0 Å². The molecular weight excluding hydrogens is 166 g/mol. The molecule has 0 unspecified atom stereocenters. The van der Waals surface area contributed by atoms with Crippen molar-refractivity contribution in [3.8, 4) is 0 Å². The molecule has 1 aliphatic rings. The standard InChI is InChI=1S/C5H9N3O2S/c1-4-6-11(9,10)7-5(2)8(4)3/h1-3H3. The Kier molecular flexibility index (Phi) is 1.71. The van der Waals surface area contributed by atoms with Crippen LogP contribution < -0.4 is 0 Å². The van der Waals surface area contributed by atoms with Crippen LogP contribution in [0.3, 0.4) is 0 Å². The molecule has 1 aliphatic heterocycles. The normalized spacial score (nSPS) is 22.6. The van der Waals surface area contributed by atoms with Crippen LogP contribution in [-0.2, 0) is 10.2 Å². The Morgan fingerprint density at radius 1 is 1.18 bits per heavy atom. The van der Waals surface area contributed by atoms with Crippen LogP contribution in [0.1, 0.15) is 13.8 Å². The predicted octanol–water partition coefficient (Wildman–Crippen LogP) is 0.0134. The second kappa shape index (κ2) is 2.30.